The van der Waals surface area contributed by atoms with Crippen molar-refractivity contribution >= 4 is 5.97 Å². The van der Waals surface area contributed by atoms with Crippen molar-refractivity contribution in [2.45, 2.75) is 105 Å². The molecule has 0 aliphatic heterocycles. The lowest BCUT2D eigenvalue weighted by molar-refractivity contribution is -0.191. The quantitative estimate of drug-likeness (QED) is 0.208. The topological polar surface area (TPSA) is 35.5 Å². The molecule has 3 atom stereocenters. The van der Waals surface area contributed by atoms with Gasteiger partial charge < -0.3 is 9.47 Å². The van der Waals surface area contributed by atoms with Crippen molar-refractivity contribution in [3.8, 4) is 0 Å². The van der Waals surface area contributed by atoms with E-state index in [2.05, 4.69) is 26.8 Å². The van der Waals surface area contributed by atoms with Gasteiger partial charge in [0.25, 0.3) is 0 Å². The Kier molecular flexibility index (Phi) is 10.5. The Bertz CT molecular complexity index is 429. The number of hydrogen-bond acceptors (Lipinski definition) is 3. The highest BCUT2D eigenvalue weighted by atomic mass is 16.7. The van der Waals surface area contributed by atoms with E-state index >= 15 is 0 Å². The molecule has 152 valence electrons. The summed E-state index contributed by atoms with van der Waals surface area (Å²) < 4.78 is 11.2. The molecule has 2 fully saturated rings. The number of allylic oxidation sites excluding steroid dienone is 1. The van der Waals surface area contributed by atoms with Crippen molar-refractivity contribution in [3.05, 3.63) is 11.6 Å². The van der Waals surface area contributed by atoms with Crippen molar-refractivity contribution < 1.29 is 14.3 Å². The predicted molar refractivity (Wildman–Crippen MR) is 109 cm³/mol. The monoisotopic (exact) mass is 366 g/mol. The summed E-state index contributed by atoms with van der Waals surface area (Å²) in [5.41, 5.74) is 0.794. The van der Waals surface area contributed by atoms with Crippen molar-refractivity contribution in [2.24, 2.45) is 17.3 Å². The molecule has 3 unspecified atom stereocenters. The molecule has 0 aromatic rings. The molecule has 2 saturated carbocycles. The number of hydrogen-bond donors (Lipinski definition) is 0. The molecule has 0 saturated heterocycles. The second-order valence-corrected chi connectivity index (χ2v) is 8.48. The van der Waals surface area contributed by atoms with Crippen LogP contribution in [0.25, 0.3) is 0 Å². The van der Waals surface area contributed by atoms with Crippen molar-refractivity contribution in [1.29, 1.82) is 0 Å². The Morgan fingerprint density at radius 3 is 2.04 bits per heavy atom. The van der Waals surface area contributed by atoms with Crippen LogP contribution in [0.1, 0.15) is 98.8 Å². The standard InChI is InChI=1S/C17H28O3.C6H14/c1-12(2)10-17(11-13(17)3)16(18)20-15(19-4)14-8-6-5-7-9-14;1-3-5-6-4-2/h10,13-15H,5-9,11H2,1-4H3;3-6H2,1-2H3. The van der Waals surface area contributed by atoms with Crippen LogP contribution in [0, 0.1) is 17.3 Å². The molecule has 26 heavy (non-hydrogen) atoms. The van der Waals surface area contributed by atoms with Gasteiger partial charge in [-0.1, -0.05) is 77.4 Å². The van der Waals surface area contributed by atoms with E-state index in [-0.39, 0.29) is 17.7 Å². The number of ether oxygens (including phenoxy) is 2. The van der Waals surface area contributed by atoms with Crippen LogP contribution in [0.15, 0.2) is 11.6 Å². The zero-order valence-corrected chi connectivity index (χ0v) is 18.1. The molecule has 3 nitrogen and oxygen atoms in total. The lowest BCUT2D eigenvalue weighted by atomic mass is 9.88. The van der Waals surface area contributed by atoms with Crippen LogP contribution >= 0.6 is 0 Å². The molecule has 3 heteroatoms. The summed E-state index contributed by atoms with van der Waals surface area (Å²) in [6.07, 6.45) is 14.1. The first kappa shape index (κ1) is 23.2. The summed E-state index contributed by atoms with van der Waals surface area (Å²) in [5.74, 6) is 0.660. The van der Waals surface area contributed by atoms with Crippen LogP contribution < -0.4 is 0 Å². The molecule has 2 aliphatic rings. The number of esters is 1. The number of unbranched alkanes of at least 4 members (excludes halogenated alkanes) is 3. The molecule has 0 bridgehead atoms. The van der Waals surface area contributed by atoms with Gasteiger partial charge in [-0.3, -0.25) is 4.79 Å². The van der Waals surface area contributed by atoms with E-state index in [4.69, 9.17) is 9.47 Å². The summed E-state index contributed by atoms with van der Waals surface area (Å²) in [4.78, 5) is 12.5. The van der Waals surface area contributed by atoms with Gasteiger partial charge in [-0.15, -0.1) is 0 Å². The van der Waals surface area contributed by atoms with Gasteiger partial charge in [0.15, 0.2) is 0 Å². The first-order valence-corrected chi connectivity index (χ1v) is 10.8. The number of carbonyl (C=O) groups excluding carboxylic acids is 1. The van der Waals surface area contributed by atoms with Crippen LogP contribution in [0.3, 0.4) is 0 Å². The van der Waals surface area contributed by atoms with Crippen molar-refractivity contribution in [1.82, 2.24) is 0 Å². The lowest BCUT2D eigenvalue weighted by Crippen LogP contribution is -2.33. The second kappa shape index (κ2) is 11.8. The Balaban J connectivity index is 0.000000487. The Labute approximate surface area is 161 Å². The molecule has 0 N–H and O–H groups in total. The summed E-state index contributed by atoms with van der Waals surface area (Å²) in [6, 6.07) is 0. The lowest BCUT2D eigenvalue weighted by Gasteiger charge is -2.29. The highest BCUT2D eigenvalue weighted by Crippen LogP contribution is 2.55. The van der Waals surface area contributed by atoms with E-state index < -0.39 is 0 Å². The van der Waals surface area contributed by atoms with Crippen molar-refractivity contribution in [2.75, 3.05) is 7.11 Å². The molecule has 0 aromatic carbocycles. The van der Waals surface area contributed by atoms with Gasteiger partial charge in [0.2, 0.25) is 6.29 Å². The molecular formula is C23H42O3. The minimum atomic E-state index is -0.385. The first-order chi connectivity index (χ1) is 12.4. The van der Waals surface area contributed by atoms with Gasteiger partial charge >= 0.3 is 5.97 Å². The van der Waals surface area contributed by atoms with Gasteiger partial charge in [-0.25, -0.2) is 0 Å². The van der Waals surface area contributed by atoms with Crippen LogP contribution in [0.5, 0.6) is 0 Å². The number of methoxy groups -OCH3 is 1. The fraction of sp³-hybridized carbons (Fsp3) is 0.870. The Morgan fingerprint density at radius 2 is 1.65 bits per heavy atom. The van der Waals surface area contributed by atoms with Crippen LogP contribution in [0.2, 0.25) is 0 Å². The molecular weight excluding hydrogens is 324 g/mol. The summed E-state index contributed by atoms with van der Waals surface area (Å²) in [5, 5.41) is 0. The molecule has 0 aromatic heterocycles. The fourth-order valence-corrected chi connectivity index (χ4v) is 3.97. The third-order valence-electron chi connectivity index (χ3n) is 5.74. The third kappa shape index (κ3) is 7.06. The second-order valence-electron chi connectivity index (χ2n) is 8.48. The zero-order valence-electron chi connectivity index (χ0n) is 18.1. The maximum absolute atomic E-state index is 12.5. The molecule has 0 heterocycles. The van der Waals surface area contributed by atoms with Gasteiger partial charge in [0, 0.05) is 13.0 Å². The van der Waals surface area contributed by atoms with E-state index in [0.29, 0.717) is 11.8 Å². The van der Waals surface area contributed by atoms with Gasteiger partial charge in [0.05, 0.1) is 5.41 Å². The highest BCUT2D eigenvalue weighted by molar-refractivity contribution is 5.83. The largest absolute Gasteiger partial charge is 0.435 e. The zero-order chi connectivity index (χ0) is 19.6. The number of carbonyl (C=O) groups is 1. The van der Waals surface area contributed by atoms with E-state index in [0.717, 1.165) is 19.3 Å². The minimum absolute atomic E-state index is 0.0939. The maximum Gasteiger partial charge on any atom is 0.318 e. The summed E-state index contributed by atoms with van der Waals surface area (Å²) in [7, 11) is 1.65. The van der Waals surface area contributed by atoms with Gasteiger partial charge in [0.1, 0.15) is 0 Å². The Hall–Kier alpha value is -0.830. The van der Waals surface area contributed by atoms with Crippen molar-refractivity contribution in [3.63, 3.8) is 0 Å². The summed E-state index contributed by atoms with van der Waals surface area (Å²) >= 11 is 0. The minimum Gasteiger partial charge on any atom is -0.435 e. The maximum atomic E-state index is 12.5. The molecule has 2 rings (SSSR count). The number of rotatable bonds is 8. The first-order valence-electron chi connectivity index (χ1n) is 10.8. The van der Waals surface area contributed by atoms with E-state index in [1.807, 2.05) is 13.8 Å². The fourth-order valence-electron chi connectivity index (χ4n) is 3.97. The average molecular weight is 367 g/mol. The SMILES string of the molecule is CCCCCC.COC(OC(=O)C1(C=C(C)C)CC1C)C1CCCCC1. The van der Waals surface area contributed by atoms with Crippen LogP contribution in [-0.4, -0.2) is 19.4 Å². The third-order valence-corrected chi connectivity index (χ3v) is 5.74. The molecule has 0 spiro atoms. The van der Waals surface area contributed by atoms with Crippen LogP contribution in [-0.2, 0) is 14.3 Å². The summed E-state index contributed by atoms with van der Waals surface area (Å²) in [6.45, 7) is 10.7. The van der Waals surface area contributed by atoms with Crippen LogP contribution in [0.4, 0.5) is 0 Å². The Morgan fingerprint density at radius 1 is 1.12 bits per heavy atom. The van der Waals surface area contributed by atoms with E-state index in [1.165, 1.54) is 50.5 Å². The molecule has 2 aliphatic carbocycles. The normalized spacial score (nSPS) is 26.3. The molecule has 0 amide bonds. The van der Waals surface area contributed by atoms with E-state index in [9.17, 15) is 4.79 Å². The molecule has 0 radical (unpaired) electrons. The highest BCUT2D eigenvalue weighted by Gasteiger charge is 2.57. The van der Waals surface area contributed by atoms with Gasteiger partial charge in [-0.2, -0.15) is 0 Å². The smallest absolute Gasteiger partial charge is 0.318 e. The van der Waals surface area contributed by atoms with Gasteiger partial charge in [-0.05, 0) is 39.0 Å². The van der Waals surface area contributed by atoms with E-state index in [1.54, 1.807) is 7.11 Å². The predicted octanol–water partition coefficient (Wildman–Crippen LogP) is 6.66. The average Bonchev–Trinajstić information content (AvgIpc) is 3.28.